The number of nitrogens with one attached hydrogen (secondary N) is 1. The first-order chi connectivity index (χ1) is 10.3. The number of nitrogens with zero attached hydrogens (tertiary/aromatic N) is 2. The fourth-order valence-corrected chi connectivity index (χ4v) is 3.07. The van der Waals surface area contributed by atoms with Crippen LogP contribution in [0.3, 0.4) is 0 Å². The van der Waals surface area contributed by atoms with Gasteiger partial charge in [-0.25, -0.2) is 0 Å². The molecule has 1 saturated carbocycles. The second kappa shape index (κ2) is 6.12. The minimum atomic E-state index is 0.139. The highest BCUT2D eigenvalue weighted by Crippen LogP contribution is 2.29. The first-order valence-corrected chi connectivity index (χ1v) is 7.64. The predicted molar refractivity (Wildman–Crippen MR) is 83.8 cm³/mol. The van der Waals surface area contributed by atoms with Gasteiger partial charge in [-0.3, -0.25) is 9.48 Å². The van der Waals surface area contributed by atoms with Crippen molar-refractivity contribution in [3.8, 4) is 11.3 Å². The number of aromatic nitrogens is 2. The van der Waals surface area contributed by atoms with E-state index in [9.17, 15) is 4.79 Å². The van der Waals surface area contributed by atoms with Gasteiger partial charge in [0.15, 0.2) is 0 Å². The van der Waals surface area contributed by atoms with Crippen LogP contribution in [0.4, 0.5) is 5.69 Å². The molecule has 21 heavy (non-hydrogen) atoms. The highest BCUT2D eigenvalue weighted by Gasteiger charge is 2.22. The zero-order chi connectivity index (χ0) is 14.7. The fourth-order valence-electron chi connectivity index (χ4n) is 3.07. The third-order valence-electron chi connectivity index (χ3n) is 4.22. The molecule has 2 aromatic rings. The molecule has 1 aromatic heterocycles. The number of anilines is 1. The molecule has 1 fully saturated rings. The van der Waals surface area contributed by atoms with Crippen LogP contribution >= 0.6 is 0 Å². The van der Waals surface area contributed by atoms with E-state index in [0.717, 1.165) is 42.6 Å². The van der Waals surface area contributed by atoms with E-state index >= 15 is 0 Å². The maximum Gasteiger partial charge on any atom is 0.227 e. The Morgan fingerprint density at radius 2 is 1.90 bits per heavy atom. The Morgan fingerprint density at radius 3 is 2.62 bits per heavy atom. The monoisotopic (exact) mass is 283 g/mol. The molecule has 4 nitrogen and oxygen atoms in total. The van der Waals surface area contributed by atoms with E-state index in [1.807, 2.05) is 42.1 Å². The molecule has 0 radical (unpaired) electrons. The Bertz CT molecular complexity index is 612. The molecule has 1 amide bonds. The summed E-state index contributed by atoms with van der Waals surface area (Å²) in [6.45, 7) is 0. The van der Waals surface area contributed by atoms with Crippen LogP contribution in [0.5, 0.6) is 0 Å². The SMILES string of the molecule is Cn1ncc(NC(=O)C2CCCCC2)c1-c1ccccc1. The van der Waals surface area contributed by atoms with Crippen LogP contribution in [0.1, 0.15) is 32.1 Å². The number of carbonyl (C=O) groups is 1. The van der Waals surface area contributed by atoms with Crippen LogP contribution in [-0.2, 0) is 11.8 Å². The average Bonchev–Trinajstić information content (AvgIpc) is 2.89. The van der Waals surface area contributed by atoms with Crippen LogP contribution in [0.25, 0.3) is 11.3 Å². The van der Waals surface area contributed by atoms with E-state index in [2.05, 4.69) is 10.4 Å². The first kappa shape index (κ1) is 13.9. The van der Waals surface area contributed by atoms with Gasteiger partial charge in [-0.05, 0) is 12.8 Å². The Kier molecular flexibility index (Phi) is 4.04. The third-order valence-corrected chi connectivity index (χ3v) is 4.22. The van der Waals surface area contributed by atoms with Crippen LogP contribution in [-0.4, -0.2) is 15.7 Å². The Balaban J connectivity index is 1.81. The normalized spacial score (nSPS) is 15.9. The van der Waals surface area contributed by atoms with E-state index in [0.29, 0.717) is 0 Å². The van der Waals surface area contributed by atoms with Gasteiger partial charge in [-0.2, -0.15) is 5.10 Å². The smallest absolute Gasteiger partial charge is 0.227 e. The van der Waals surface area contributed by atoms with E-state index in [-0.39, 0.29) is 11.8 Å². The Labute approximate surface area is 125 Å². The van der Waals surface area contributed by atoms with Gasteiger partial charge in [0.05, 0.1) is 17.6 Å². The molecule has 4 heteroatoms. The highest BCUT2D eigenvalue weighted by molar-refractivity contribution is 5.96. The van der Waals surface area contributed by atoms with E-state index < -0.39 is 0 Å². The lowest BCUT2D eigenvalue weighted by Gasteiger charge is -2.20. The molecule has 0 unspecified atom stereocenters. The van der Waals surface area contributed by atoms with E-state index in [1.54, 1.807) is 6.20 Å². The molecule has 0 bridgehead atoms. The van der Waals surface area contributed by atoms with Gasteiger partial charge >= 0.3 is 0 Å². The number of rotatable bonds is 3. The van der Waals surface area contributed by atoms with Crippen molar-refractivity contribution >= 4 is 11.6 Å². The lowest BCUT2D eigenvalue weighted by molar-refractivity contribution is -0.120. The summed E-state index contributed by atoms with van der Waals surface area (Å²) in [6, 6.07) is 10.0. The summed E-state index contributed by atoms with van der Waals surface area (Å²) in [4.78, 5) is 12.4. The minimum Gasteiger partial charge on any atom is -0.323 e. The highest BCUT2D eigenvalue weighted by atomic mass is 16.1. The van der Waals surface area contributed by atoms with E-state index in [1.165, 1.54) is 6.42 Å². The summed E-state index contributed by atoms with van der Waals surface area (Å²) in [5.41, 5.74) is 2.83. The number of amides is 1. The molecular formula is C17H21N3O. The zero-order valence-electron chi connectivity index (χ0n) is 12.4. The zero-order valence-corrected chi connectivity index (χ0v) is 12.4. The van der Waals surface area contributed by atoms with Gasteiger partial charge in [0.1, 0.15) is 0 Å². The van der Waals surface area contributed by atoms with Crippen molar-refractivity contribution in [3.63, 3.8) is 0 Å². The van der Waals surface area contributed by atoms with Crippen molar-refractivity contribution in [3.05, 3.63) is 36.5 Å². The lowest BCUT2D eigenvalue weighted by Crippen LogP contribution is -2.24. The molecule has 1 aromatic carbocycles. The molecule has 0 aliphatic heterocycles. The fraction of sp³-hybridized carbons (Fsp3) is 0.412. The summed E-state index contributed by atoms with van der Waals surface area (Å²) in [5.74, 6) is 0.294. The number of hydrogen-bond acceptors (Lipinski definition) is 2. The quantitative estimate of drug-likeness (QED) is 0.935. The molecule has 0 atom stereocenters. The van der Waals surface area contributed by atoms with E-state index in [4.69, 9.17) is 0 Å². The van der Waals surface area contributed by atoms with Gasteiger partial charge in [-0.15, -0.1) is 0 Å². The van der Waals surface area contributed by atoms with Gasteiger partial charge in [0, 0.05) is 18.5 Å². The Hall–Kier alpha value is -2.10. The lowest BCUT2D eigenvalue weighted by atomic mass is 9.88. The van der Waals surface area contributed by atoms with Crippen molar-refractivity contribution in [2.75, 3.05) is 5.32 Å². The standard InChI is InChI=1S/C17H21N3O/c1-20-16(13-8-4-2-5-9-13)15(12-18-20)19-17(21)14-10-6-3-7-11-14/h2,4-5,8-9,12,14H,3,6-7,10-11H2,1H3,(H,19,21). The van der Waals surface area contributed by atoms with Crippen molar-refractivity contribution in [2.24, 2.45) is 13.0 Å². The van der Waals surface area contributed by atoms with Gasteiger partial charge in [-0.1, -0.05) is 49.6 Å². The molecule has 3 rings (SSSR count). The van der Waals surface area contributed by atoms with Gasteiger partial charge < -0.3 is 5.32 Å². The molecule has 1 N–H and O–H groups in total. The number of carbonyl (C=O) groups excluding carboxylic acids is 1. The maximum absolute atomic E-state index is 12.4. The summed E-state index contributed by atoms with van der Waals surface area (Å²) < 4.78 is 1.81. The van der Waals surface area contributed by atoms with Gasteiger partial charge in [0.2, 0.25) is 5.91 Å². The summed E-state index contributed by atoms with van der Waals surface area (Å²) in [6.07, 6.45) is 7.34. The predicted octanol–water partition coefficient (Wildman–Crippen LogP) is 3.61. The molecule has 0 saturated heterocycles. The molecule has 1 heterocycles. The molecule has 110 valence electrons. The second-order valence-electron chi connectivity index (χ2n) is 5.72. The van der Waals surface area contributed by atoms with Crippen molar-refractivity contribution in [1.29, 1.82) is 0 Å². The molecule has 1 aliphatic rings. The maximum atomic E-state index is 12.4. The largest absolute Gasteiger partial charge is 0.323 e. The van der Waals surface area contributed by atoms with Crippen molar-refractivity contribution in [1.82, 2.24) is 9.78 Å². The summed E-state index contributed by atoms with van der Waals surface area (Å²) in [5, 5.41) is 7.37. The Morgan fingerprint density at radius 1 is 1.19 bits per heavy atom. The first-order valence-electron chi connectivity index (χ1n) is 7.64. The minimum absolute atomic E-state index is 0.139. The van der Waals surface area contributed by atoms with Crippen LogP contribution in [0.2, 0.25) is 0 Å². The molecule has 0 spiro atoms. The number of benzene rings is 1. The van der Waals surface area contributed by atoms with Gasteiger partial charge in [0.25, 0.3) is 0 Å². The molecular weight excluding hydrogens is 262 g/mol. The van der Waals surface area contributed by atoms with Crippen molar-refractivity contribution in [2.45, 2.75) is 32.1 Å². The summed E-state index contributed by atoms with van der Waals surface area (Å²) in [7, 11) is 1.90. The topological polar surface area (TPSA) is 46.9 Å². The molecule has 1 aliphatic carbocycles. The number of aryl methyl sites for hydroxylation is 1. The average molecular weight is 283 g/mol. The van der Waals surface area contributed by atoms with Crippen LogP contribution in [0, 0.1) is 5.92 Å². The summed E-state index contributed by atoms with van der Waals surface area (Å²) >= 11 is 0. The van der Waals surface area contributed by atoms with Crippen molar-refractivity contribution < 1.29 is 4.79 Å². The van der Waals surface area contributed by atoms with Crippen LogP contribution in [0.15, 0.2) is 36.5 Å². The third kappa shape index (κ3) is 2.99. The van der Waals surface area contributed by atoms with Crippen LogP contribution < -0.4 is 5.32 Å². The second-order valence-corrected chi connectivity index (χ2v) is 5.72. The number of hydrogen-bond donors (Lipinski definition) is 1.